The molecule has 2 aromatic carbocycles. The van der Waals surface area contributed by atoms with Crippen molar-refractivity contribution in [1.29, 1.82) is 0 Å². The van der Waals surface area contributed by atoms with E-state index in [4.69, 9.17) is 28.2 Å². The number of hydrogen-bond donors (Lipinski definition) is 1. The van der Waals surface area contributed by atoms with Crippen LogP contribution in [-0.2, 0) is 11.3 Å². The highest BCUT2D eigenvalue weighted by Crippen LogP contribution is 2.32. The van der Waals surface area contributed by atoms with Crippen LogP contribution in [0, 0.1) is 0 Å². The van der Waals surface area contributed by atoms with Crippen molar-refractivity contribution in [2.75, 3.05) is 0 Å². The highest BCUT2D eigenvalue weighted by atomic mass is 35.5. The van der Waals surface area contributed by atoms with Crippen LogP contribution < -0.4 is 5.32 Å². The Bertz CT molecular complexity index is 961. The van der Waals surface area contributed by atoms with Gasteiger partial charge in [0.15, 0.2) is 0 Å². The monoisotopic (exact) mass is 387 g/mol. The van der Waals surface area contributed by atoms with E-state index in [1.807, 2.05) is 34.9 Å². The summed E-state index contributed by atoms with van der Waals surface area (Å²) in [5.41, 5.74) is 2.51. The summed E-state index contributed by atoms with van der Waals surface area (Å²) in [5, 5.41) is 4.23. The highest BCUT2D eigenvalue weighted by molar-refractivity contribution is 6.36. The Morgan fingerprint density at radius 1 is 1.15 bits per heavy atom. The molecule has 1 saturated carbocycles. The maximum Gasteiger partial charge on any atom is 0.240 e. The van der Waals surface area contributed by atoms with Gasteiger partial charge in [0.1, 0.15) is 12.4 Å². The Hall–Kier alpha value is -2.04. The van der Waals surface area contributed by atoms with Crippen LogP contribution in [0.1, 0.15) is 25.7 Å². The van der Waals surface area contributed by atoms with Crippen LogP contribution in [0.4, 0.5) is 0 Å². The van der Waals surface area contributed by atoms with Gasteiger partial charge < -0.3 is 9.88 Å². The van der Waals surface area contributed by atoms with E-state index in [0.29, 0.717) is 21.9 Å². The number of nitrogens with zero attached hydrogens (tertiary/aromatic N) is 2. The summed E-state index contributed by atoms with van der Waals surface area (Å²) in [7, 11) is 0. The number of carbonyl (C=O) groups excluding carboxylic acids is 1. The summed E-state index contributed by atoms with van der Waals surface area (Å²) in [5.74, 6) is 0.681. The van der Waals surface area contributed by atoms with Crippen LogP contribution in [0.5, 0.6) is 0 Å². The molecule has 1 aromatic heterocycles. The third-order valence-electron chi connectivity index (χ3n) is 4.85. The van der Waals surface area contributed by atoms with Crippen molar-refractivity contribution in [3.05, 3.63) is 52.5 Å². The summed E-state index contributed by atoms with van der Waals surface area (Å²) in [6.45, 7) is 0.214. The molecule has 0 unspecified atom stereocenters. The van der Waals surface area contributed by atoms with Crippen LogP contribution >= 0.6 is 23.2 Å². The molecule has 1 fully saturated rings. The molecule has 3 aromatic rings. The molecule has 6 heteroatoms. The maximum absolute atomic E-state index is 12.6. The minimum atomic E-state index is 0.00592. The summed E-state index contributed by atoms with van der Waals surface area (Å²) in [4.78, 5) is 17.3. The lowest BCUT2D eigenvalue weighted by Gasteiger charge is -2.14. The SMILES string of the molecule is O=C(Cn1c(-c2ccc(Cl)cc2Cl)nc2ccccc21)NC1CCCC1. The average Bonchev–Trinajstić information content (AvgIpc) is 3.23. The smallest absolute Gasteiger partial charge is 0.240 e. The lowest BCUT2D eigenvalue weighted by Crippen LogP contribution is -2.35. The van der Waals surface area contributed by atoms with Gasteiger partial charge in [-0.1, -0.05) is 48.2 Å². The number of benzene rings is 2. The molecule has 1 heterocycles. The summed E-state index contributed by atoms with van der Waals surface area (Å²) in [6, 6.07) is 13.4. The molecule has 1 aliphatic carbocycles. The molecule has 0 spiro atoms. The van der Waals surface area contributed by atoms with Gasteiger partial charge in [-0.3, -0.25) is 4.79 Å². The van der Waals surface area contributed by atoms with Gasteiger partial charge in [-0.25, -0.2) is 4.98 Å². The second-order valence-electron chi connectivity index (χ2n) is 6.68. The fourth-order valence-electron chi connectivity index (χ4n) is 3.60. The molecule has 26 heavy (non-hydrogen) atoms. The van der Waals surface area contributed by atoms with Crippen LogP contribution in [0.25, 0.3) is 22.4 Å². The Morgan fingerprint density at radius 3 is 2.69 bits per heavy atom. The van der Waals surface area contributed by atoms with Gasteiger partial charge in [0, 0.05) is 16.6 Å². The predicted molar refractivity (Wildman–Crippen MR) is 106 cm³/mol. The Labute approximate surface area is 162 Å². The van der Waals surface area contributed by atoms with Gasteiger partial charge in [0.2, 0.25) is 5.91 Å². The molecule has 4 nitrogen and oxygen atoms in total. The molecule has 1 N–H and O–H groups in total. The number of imidazole rings is 1. The first kappa shape index (κ1) is 17.4. The van der Waals surface area contributed by atoms with Crippen LogP contribution in [0.2, 0.25) is 10.0 Å². The molecule has 4 rings (SSSR count). The molecule has 0 atom stereocenters. The van der Waals surface area contributed by atoms with Gasteiger partial charge in [-0.15, -0.1) is 0 Å². The molecule has 0 aliphatic heterocycles. The average molecular weight is 388 g/mol. The Morgan fingerprint density at radius 2 is 1.92 bits per heavy atom. The molecule has 1 amide bonds. The zero-order valence-corrected chi connectivity index (χ0v) is 15.7. The van der Waals surface area contributed by atoms with Gasteiger partial charge in [0.05, 0.1) is 16.1 Å². The van der Waals surface area contributed by atoms with Gasteiger partial charge in [0.25, 0.3) is 0 Å². The molecular weight excluding hydrogens is 369 g/mol. The van der Waals surface area contributed by atoms with E-state index < -0.39 is 0 Å². The van der Waals surface area contributed by atoms with Gasteiger partial charge >= 0.3 is 0 Å². The maximum atomic E-state index is 12.6. The minimum Gasteiger partial charge on any atom is -0.352 e. The van der Waals surface area contributed by atoms with Crippen molar-refractivity contribution < 1.29 is 4.79 Å². The fourth-order valence-corrected chi connectivity index (χ4v) is 4.09. The van der Waals surface area contributed by atoms with E-state index in [1.165, 1.54) is 12.8 Å². The van der Waals surface area contributed by atoms with Gasteiger partial charge in [-0.05, 0) is 43.2 Å². The van der Waals surface area contributed by atoms with E-state index in [9.17, 15) is 4.79 Å². The lowest BCUT2D eigenvalue weighted by atomic mass is 10.2. The zero-order chi connectivity index (χ0) is 18.1. The number of nitrogens with one attached hydrogen (secondary N) is 1. The largest absolute Gasteiger partial charge is 0.352 e. The van der Waals surface area contributed by atoms with Crippen molar-refractivity contribution in [2.45, 2.75) is 38.3 Å². The second kappa shape index (κ2) is 7.29. The number of aromatic nitrogens is 2. The first-order chi connectivity index (χ1) is 12.6. The minimum absolute atomic E-state index is 0.00592. The van der Waals surface area contributed by atoms with Crippen molar-refractivity contribution >= 4 is 40.1 Å². The van der Waals surface area contributed by atoms with Crippen molar-refractivity contribution in [2.24, 2.45) is 0 Å². The topological polar surface area (TPSA) is 46.9 Å². The van der Waals surface area contributed by atoms with E-state index in [1.54, 1.807) is 12.1 Å². The number of carbonyl (C=O) groups is 1. The number of fused-ring (bicyclic) bond motifs is 1. The predicted octanol–water partition coefficient (Wildman–Crippen LogP) is 5.07. The first-order valence-electron chi connectivity index (χ1n) is 8.82. The standard InChI is InChI=1S/C20H19Cl2N3O/c21-13-9-10-15(16(22)11-13)20-24-17-7-3-4-8-18(17)25(20)12-19(26)23-14-5-1-2-6-14/h3-4,7-11,14H,1-2,5-6,12H2,(H,23,26). The van der Waals surface area contributed by atoms with Gasteiger partial charge in [-0.2, -0.15) is 0 Å². The fraction of sp³-hybridized carbons (Fsp3) is 0.300. The molecule has 0 saturated heterocycles. The van der Waals surface area contributed by atoms with Crippen molar-refractivity contribution in [3.8, 4) is 11.4 Å². The zero-order valence-electron chi connectivity index (χ0n) is 14.2. The van der Waals surface area contributed by atoms with Crippen molar-refractivity contribution in [1.82, 2.24) is 14.9 Å². The third kappa shape index (κ3) is 3.44. The normalized spacial score (nSPS) is 14.8. The summed E-state index contributed by atoms with van der Waals surface area (Å²) >= 11 is 12.4. The molecule has 0 radical (unpaired) electrons. The van der Waals surface area contributed by atoms with E-state index in [-0.39, 0.29) is 12.5 Å². The van der Waals surface area contributed by atoms with E-state index >= 15 is 0 Å². The van der Waals surface area contributed by atoms with Crippen LogP contribution in [-0.4, -0.2) is 21.5 Å². The van der Waals surface area contributed by atoms with Crippen LogP contribution in [0.15, 0.2) is 42.5 Å². The van der Waals surface area contributed by atoms with Crippen molar-refractivity contribution in [3.63, 3.8) is 0 Å². The van der Waals surface area contributed by atoms with E-state index in [0.717, 1.165) is 29.4 Å². The number of halogens is 2. The molecule has 0 bridgehead atoms. The third-order valence-corrected chi connectivity index (χ3v) is 5.40. The molecular formula is C20H19Cl2N3O. The Balaban J connectivity index is 1.73. The first-order valence-corrected chi connectivity index (χ1v) is 9.57. The summed E-state index contributed by atoms with van der Waals surface area (Å²) < 4.78 is 1.93. The molecule has 134 valence electrons. The second-order valence-corrected chi connectivity index (χ2v) is 7.53. The quantitative estimate of drug-likeness (QED) is 0.679. The number of amides is 1. The highest BCUT2D eigenvalue weighted by Gasteiger charge is 2.20. The lowest BCUT2D eigenvalue weighted by molar-refractivity contribution is -0.122. The number of rotatable bonds is 4. The van der Waals surface area contributed by atoms with Crippen LogP contribution in [0.3, 0.4) is 0 Å². The summed E-state index contributed by atoms with van der Waals surface area (Å²) in [6.07, 6.45) is 4.49. The number of para-hydroxylation sites is 2. The van der Waals surface area contributed by atoms with E-state index in [2.05, 4.69) is 5.32 Å². The molecule has 1 aliphatic rings. The number of hydrogen-bond acceptors (Lipinski definition) is 2. The Kier molecular flexibility index (Phi) is 4.88.